The lowest BCUT2D eigenvalue weighted by Crippen LogP contribution is -1.97. The quantitative estimate of drug-likeness (QED) is 0.834. The van der Waals surface area contributed by atoms with Crippen molar-refractivity contribution in [2.45, 2.75) is 12.8 Å². The second kappa shape index (κ2) is 5.96. The fraction of sp³-hybridized carbons (Fsp3) is 0.125. The summed E-state index contributed by atoms with van der Waals surface area (Å²) in [5.41, 5.74) is 3.24. The molecule has 0 unspecified atom stereocenters. The number of hydrogen-bond acceptors (Lipinski definition) is 2. The summed E-state index contributed by atoms with van der Waals surface area (Å²) >= 11 is 0. The molecule has 0 saturated carbocycles. The minimum Gasteiger partial charge on any atom is -0.478 e. The summed E-state index contributed by atoms with van der Waals surface area (Å²) in [6.07, 6.45) is 2.54. The van der Waals surface area contributed by atoms with E-state index in [1.807, 2.05) is 24.3 Å². The Morgan fingerprint density at radius 1 is 0.895 bits per heavy atom. The van der Waals surface area contributed by atoms with Crippen LogP contribution in [0.3, 0.4) is 0 Å². The van der Waals surface area contributed by atoms with Crippen LogP contribution in [0.4, 0.5) is 0 Å². The number of aromatic carboxylic acids is 1. The van der Waals surface area contributed by atoms with E-state index >= 15 is 0 Å². The molecule has 0 fully saturated rings. The number of aldehydes is 1. The molecule has 3 nitrogen and oxygen atoms in total. The molecule has 0 aliphatic carbocycles. The van der Waals surface area contributed by atoms with E-state index in [-0.39, 0.29) is 0 Å². The van der Waals surface area contributed by atoms with Crippen molar-refractivity contribution in [2.24, 2.45) is 0 Å². The molecular weight excluding hydrogens is 240 g/mol. The first-order valence-electron chi connectivity index (χ1n) is 6.05. The highest BCUT2D eigenvalue weighted by Crippen LogP contribution is 2.10. The Morgan fingerprint density at radius 3 is 1.79 bits per heavy atom. The van der Waals surface area contributed by atoms with Crippen LogP contribution in [0.1, 0.15) is 31.8 Å². The number of aryl methyl sites for hydroxylation is 2. The van der Waals surface area contributed by atoms with Gasteiger partial charge in [0.15, 0.2) is 0 Å². The van der Waals surface area contributed by atoms with Crippen molar-refractivity contribution in [3.05, 3.63) is 70.8 Å². The molecule has 0 heterocycles. The number of benzene rings is 2. The number of carbonyl (C=O) groups excluding carboxylic acids is 1. The molecule has 0 aliphatic heterocycles. The normalized spacial score (nSPS) is 10.1. The van der Waals surface area contributed by atoms with Crippen LogP contribution in [-0.2, 0) is 12.8 Å². The van der Waals surface area contributed by atoms with Gasteiger partial charge in [-0.1, -0.05) is 36.4 Å². The third-order valence-electron chi connectivity index (χ3n) is 3.02. The summed E-state index contributed by atoms with van der Waals surface area (Å²) in [4.78, 5) is 21.3. The van der Waals surface area contributed by atoms with Gasteiger partial charge < -0.3 is 5.11 Å². The Bertz CT molecular complexity index is 568. The zero-order valence-electron chi connectivity index (χ0n) is 10.4. The highest BCUT2D eigenvalue weighted by atomic mass is 16.4. The average molecular weight is 254 g/mol. The SMILES string of the molecule is O=Cc1ccc(CCc2ccc(C(=O)O)cc2)cc1. The monoisotopic (exact) mass is 254 g/mol. The number of carboxylic acids is 1. The van der Waals surface area contributed by atoms with Crippen LogP contribution in [-0.4, -0.2) is 17.4 Å². The second-order valence-electron chi connectivity index (χ2n) is 4.36. The fourth-order valence-electron chi connectivity index (χ4n) is 1.87. The standard InChI is InChI=1S/C16H14O3/c17-11-14-5-3-12(4-6-14)1-2-13-7-9-15(10-8-13)16(18)19/h3-11H,1-2H2,(H,18,19). The number of carboxylic acid groups (broad SMARTS) is 1. The molecule has 0 aliphatic rings. The Morgan fingerprint density at radius 2 is 1.37 bits per heavy atom. The predicted octanol–water partition coefficient (Wildman–Crippen LogP) is 2.98. The van der Waals surface area contributed by atoms with Gasteiger partial charge >= 0.3 is 5.97 Å². The molecule has 0 saturated heterocycles. The maximum absolute atomic E-state index is 10.7. The average Bonchev–Trinajstić information content (AvgIpc) is 2.46. The summed E-state index contributed by atoms with van der Waals surface area (Å²) in [6, 6.07) is 14.4. The van der Waals surface area contributed by atoms with Gasteiger partial charge in [-0.15, -0.1) is 0 Å². The third-order valence-corrected chi connectivity index (χ3v) is 3.02. The minimum absolute atomic E-state index is 0.305. The van der Waals surface area contributed by atoms with Crippen LogP contribution in [0.2, 0.25) is 0 Å². The smallest absolute Gasteiger partial charge is 0.335 e. The van der Waals surface area contributed by atoms with E-state index in [0.717, 1.165) is 30.3 Å². The van der Waals surface area contributed by atoms with Gasteiger partial charge in [-0.3, -0.25) is 4.79 Å². The molecule has 96 valence electrons. The van der Waals surface area contributed by atoms with Crippen molar-refractivity contribution in [3.63, 3.8) is 0 Å². The maximum Gasteiger partial charge on any atom is 0.335 e. The van der Waals surface area contributed by atoms with Crippen molar-refractivity contribution < 1.29 is 14.7 Å². The summed E-state index contributed by atoms with van der Waals surface area (Å²) in [5.74, 6) is -0.906. The minimum atomic E-state index is -0.906. The van der Waals surface area contributed by atoms with Crippen molar-refractivity contribution >= 4 is 12.3 Å². The van der Waals surface area contributed by atoms with Crippen LogP contribution >= 0.6 is 0 Å². The van der Waals surface area contributed by atoms with Crippen molar-refractivity contribution in [2.75, 3.05) is 0 Å². The van der Waals surface area contributed by atoms with E-state index in [9.17, 15) is 9.59 Å². The summed E-state index contributed by atoms with van der Waals surface area (Å²) < 4.78 is 0. The lowest BCUT2D eigenvalue weighted by molar-refractivity contribution is 0.0696. The molecule has 1 N–H and O–H groups in total. The van der Waals surface area contributed by atoms with Gasteiger partial charge in [0, 0.05) is 5.56 Å². The van der Waals surface area contributed by atoms with Crippen molar-refractivity contribution in [1.82, 2.24) is 0 Å². The van der Waals surface area contributed by atoms with E-state index in [1.54, 1.807) is 24.3 Å². The Balaban J connectivity index is 1.97. The van der Waals surface area contributed by atoms with Gasteiger partial charge in [0.25, 0.3) is 0 Å². The van der Waals surface area contributed by atoms with Gasteiger partial charge in [-0.05, 0) is 36.1 Å². The van der Waals surface area contributed by atoms with E-state index < -0.39 is 5.97 Å². The Hall–Kier alpha value is -2.42. The van der Waals surface area contributed by atoms with Gasteiger partial charge in [0.1, 0.15) is 6.29 Å². The molecule has 3 heteroatoms. The molecular formula is C16H14O3. The molecule has 0 spiro atoms. The Labute approximate surface area is 111 Å². The van der Waals surface area contributed by atoms with Gasteiger partial charge in [0.2, 0.25) is 0 Å². The lowest BCUT2D eigenvalue weighted by Gasteiger charge is -2.03. The predicted molar refractivity (Wildman–Crippen MR) is 72.6 cm³/mol. The number of hydrogen-bond donors (Lipinski definition) is 1. The maximum atomic E-state index is 10.7. The van der Waals surface area contributed by atoms with E-state index in [2.05, 4.69) is 0 Å². The first-order chi connectivity index (χ1) is 9.19. The number of carbonyl (C=O) groups is 2. The largest absolute Gasteiger partial charge is 0.478 e. The van der Waals surface area contributed by atoms with Gasteiger partial charge in [0.05, 0.1) is 5.56 Å². The zero-order chi connectivity index (χ0) is 13.7. The van der Waals surface area contributed by atoms with E-state index in [1.165, 1.54) is 0 Å². The summed E-state index contributed by atoms with van der Waals surface area (Å²) in [6.45, 7) is 0. The first-order valence-corrected chi connectivity index (χ1v) is 6.05. The highest BCUT2D eigenvalue weighted by molar-refractivity contribution is 5.87. The van der Waals surface area contributed by atoms with Crippen LogP contribution in [0.5, 0.6) is 0 Å². The van der Waals surface area contributed by atoms with Crippen LogP contribution < -0.4 is 0 Å². The van der Waals surface area contributed by atoms with Crippen LogP contribution in [0.15, 0.2) is 48.5 Å². The summed E-state index contributed by atoms with van der Waals surface area (Å²) in [7, 11) is 0. The van der Waals surface area contributed by atoms with Gasteiger partial charge in [-0.25, -0.2) is 4.79 Å². The van der Waals surface area contributed by atoms with Gasteiger partial charge in [-0.2, -0.15) is 0 Å². The van der Waals surface area contributed by atoms with Crippen LogP contribution in [0, 0.1) is 0 Å². The molecule has 0 amide bonds. The summed E-state index contributed by atoms with van der Waals surface area (Å²) in [5, 5.41) is 8.80. The number of rotatable bonds is 5. The second-order valence-corrected chi connectivity index (χ2v) is 4.36. The molecule has 2 aromatic carbocycles. The molecule has 2 aromatic rings. The van der Waals surface area contributed by atoms with E-state index in [0.29, 0.717) is 11.1 Å². The topological polar surface area (TPSA) is 54.4 Å². The molecule has 19 heavy (non-hydrogen) atoms. The first kappa shape index (κ1) is 13.0. The fourth-order valence-corrected chi connectivity index (χ4v) is 1.87. The Kier molecular flexibility index (Phi) is 4.08. The molecule has 0 aromatic heterocycles. The third kappa shape index (κ3) is 3.52. The lowest BCUT2D eigenvalue weighted by atomic mass is 10.0. The van der Waals surface area contributed by atoms with Crippen LogP contribution in [0.25, 0.3) is 0 Å². The zero-order valence-corrected chi connectivity index (χ0v) is 10.4. The molecule has 0 radical (unpaired) electrons. The van der Waals surface area contributed by atoms with Crippen molar-refractivity contribution in [3.8, 4) is 0 Å². The molecule has 2 rings (SSSR count). The molecule has 0 atom stereocenters. The highest BCUT2D eigenvalue weighted by Gasteiger charge is 2.02. The van der Waals surface area contributed by atoms with E-state index in [4.69, 9.17) is 5.11 Å². The molecule has 0 bridgehead atoms. The van der Waals surface area contributed by atoms with Crippen molar-refractivity contribution in [1.29, 1.82) is 0 Å².